The number of hydrogen-bond donors (Lipinski definition) is 3. The van der Waals surface area contributed by atoms with Gasteiger partial charge in [0, 0.05) is 26.1 Å². The zero-order valence-electron chi connectivity index (χ0n) is 14.5. The predicted octanol–water partition coefficient (Wildman–Crippen LogP) is 0.865. The summed E-state index contributed by atoms with van der Waals surface area (Å²) in [6.45, 7) is 1.72. The number of ether oxygens (including phenoxy) is 2. The molecule has 0 aromatic heterocycles. The lowest BCUT2D eigenvalue weighted by atomic mass is 10.2. The van der Waals surface area contributed by atoms with E-state index >= 15 is 0 Å². The fourth-order valence-electron chi connectivity index (χ4n) is 2.15. The molecule has 0 radical (unpaired) electrons. The van der Waals surface area contributed by atoms with Crippen LogP contribution in [0.5, 0.6) is 5.75 Å². The monoisotopic (exact) mass is 353 g/mol. The molecule has 0 aliphatic heterocycles. The van der Waals surface area contributed by atoms with Gasteiger partial charge in [0.25, 0.3) is 0 Å². The first-order valence-electron chi connectivity index (χ1n) is 7.57. The smallest absolute Gasteiger partial charge is 0.307 e. The molecule has 1 rings (SSSR count). The Morgan fingerprint density at radius 3 is 2.08 bits per heavy atom. The molecule has 0 heterocycles. The first kappa shape index (κ1) is 20.1. The number of benzene rings is 1. The lowest BCUT2D eigenvalue weighted by Crippen LogP contribution is -2.29. The number of methoxy groups -OCH3 is 2. The standard InChI is InChI=1S/C16H23N3O6/c1-10(20)18-12-9-13(14(21)8-11(12)17)19(6-4-15(22)24-2)7-5-16(23)25-3/h8-9,21H,4-7,17H2,1-3H3,(H,18,20). The van der Waals surface area contributed by atoms with Crippen molar-refractivity contribution in [1.82, 2.24) is 0 Å². The number of anilines is 3. The number of nitrogen functional groups attached to an aromatic ring is 1. The van der Waals surface area contributed by atoms with E-state index in [0.29, 0.717) is 11.4 Å². The van der Waals surface area contributed by atoms with E-state index in [1.165, 1.54) is 33.3 Å². The Morgan fingerprint density at radius 2 is 1.64 bits per heavy atom. The summed E-state index contributed by atoms with van der Waals surface area (Å²) in [5.74, 6) is -1.32. The number of nitrogens with one attached hydrogen (secondary N) is 1. The third kappa shape index (κ3) is 6.21. The van der Waals surface area contributed by atoms with Crippen LogP contribution in [0.4, 0.5) is 17.1 Å². The van der Waals surface area contributed by atoms with E-state index in [1.54, 1.807) is 4.90 Å². The first-order valence-corrected chi connectivity index (χ1v) is 7.57. The molecule has 0 fully saturated rings. The molecule has 25 heavy (non-hydrogen) atoms. The van der Waals surface area contributed by atoms with Gasteiger partial charge >= 0.3 is 11.9 Å². The van der Waals surface area contributed by atoms with E-state index in [4.69, 9.17) is 5.73 Å². The summed E-state index contributed by atoms with van der Waals surface area (Å²) in [4.78, 5) is 35.7. The number of carbonyl (C=O) groups excluding carboxylic acids is 3. The fourth-order valence-corrected chi connectivity index (χ4v) is 2.15. The second kappa shape index (κ2) is 9.36. The quantitative estimate of drug-likeness (QED) is 0.356. The number of nitrogens with zero attached hydrogens (tertiary/aromatic N) is 1. The van der Waals surface area contributed by atoms with Crippen molar-refractivity contribution in [3.63, 3.8) is 0 Å². The first-order chi connectivity index (χ1) is 11.8. The van der Waals surface area contributed by atoms with Crippen LogP contribution < -0.4 is 16.0 Å². The Morgan fingerprint density at radius 1 is 1.12 bits per heavy atom. The Labute approximate surface area is 145 Å². The van der Waals surface area contributed by atoms with Gasteiger partial charge in [-0.2, -0.15) is 0 Å². The summed E-state index contributed by atoms with van der Waals surface area (Å²) < 4.78 is 9.22. The molecular weight excluding hydrogens is 330 g/mol. The van der Waals surface area contributed by atoms with Crippen LogP contribution >= 0.6 is 0 Å². The number of esters is 2. The number of phenols is 1. The van der Waals surface area contributed by atoms with Crippen LogP contribution in [0.1, 0.15) is 19.8 Å². The van der Waals surface area contributed by atoms with Crippen LogP contribution in [0.3, 0.4) is 0 Å². The zero-order chi connectivity index (χ0) is 19.0. The van der Waals surface area contributed by atoms with Gasteiger partial charge in [0.15, 0.2) is 0 Å². The molecule has 4 N–H and O–H groups in total. The van der Waals surface area contributed by atoms with Crippen molar-refractivity contribution in [2.45, 2.75) is 19.8 Å². The van der Waals surface area contributed by atoms with Crippen LogP contribution in [0, 0.1) is 0 Å². The van der Waals surface area contributed by atoms with Crippen LogP contribution in [-0.4, -0.2) is 50.3 Å². The van der Waals surface area contributed by atoms with Crippen molar-refractivity contribution >= 4 is 34.9 Å². The van der Waals surface area contributed by atoms with Crippen molar-refractivity contribution in [3.05, 3.63) is 12.1 Å². The van der Waals surface area contributed by atoms with Crippen LogP contribution in [0.2, 0.25) is 0 Å². The Balaban J connectivity index is 3.10. The highest BCUT2D eigenvalue weighted by molar-refractivity contribution is 5.94. The summed E-state index contributed by atoms with van der Waals surface area (Å²) in [7, 11) is 2.55. The second-order valence-corrected chi connectivity index (χ2v) is 5.25. The number of hydrogen-bond acceptors (Lipinski definition) is 8. The highest BCUT2D eigenvalue weighted by atomic mass is 16.5. The third-order valence-electron chi connectivity index (χ3n) is 3.43. The topological polar surface area (TPSA) is 131 Å². The Bertz CT molecular complexity index is 627. The maximum atomic E-state index is 11.4. The molecule has 138 valence electrons. The molecule has 0 atom stereocenters. The van der Waals surface area contributed by atoms with Crippen molar-refractivity contribution in [2.24, 2.45) is 0 Å². The predicted molar refractivity (Wildman–Crippen MR) is 92.3 cm³/mol. The average molecular weight is 353 g/mol. The van der Waals surface area contributed by atoms with E-state index in [0.717, 1.165) is 0 Å². The number of phenolic OH excluding ortho intramolecular Hbond substituents is 1. The maximum Gasteiger partial charge on any atom is 0.307 e. The van der Waals surface area contributed by atoms with Gasteiger partial charge in [0.1, 0.15) is 5.75 Å². The molecule has 9 heteroatoms. The number of aromatic hydroxyl groups is 1. The summed E-state index contributed by atoms with van der Waals surface area (Å²) in [5.41, 5.74) is 6.62. The Kier molecular flexibility index (Phi) is 7.51. The van der Waals surface area contributed by atoms with Gasteiger partial charge in [-0.05, 0) is 6.07 Å². The van der Waals surface area contributed by atoms with Crippen molar-refractivity contribution in [3.8, 4) is 5.75 Å². The van der Waals surface area contributed by atoms with Crippen molar-refractivity contribution in [1.29, 1.82) is 0 Å². The summed E-state index contributed by atoms with van der Waals surface area (Å²) in [5, 5.41) is 12.8. The van der Waals surface area contributed by atoms with Crippen LogP contribution in [-0.2, 0) is 23.9 Å². The van der Waals surface area contributed by atoms with Gasteiger partial charge in [-0.1, -0.05) is 0 Å². The molecule has 1 aromatic rings. The van der Waals surface area contributed by atoms with E-state index in [9.17, 15) is 19.5 Å². The SMILES string of the molecule is COC(=O)CCN(CCC(=O)OC)c1cc(NC(C)=O)c(N)cc1O. The molecule has 0 spiro atoms. The third-order valence-corrected chi connectivity index (χ3v) is 3.43. The molecule has 0 bridgehead atoms. The lowest BCUT2D eigenvalue weighted by Gasteiger charge is -2.26. The van der Waals surface area contributed by atoms with E-state index in [2.05, 4.69) is 14.8 Å². The van der Waals surface area contributed by atoms with Gasteiger partial charge < -0.3 is 30.5 Å². The molecule has 0 saturated heterocycles. The minimum atomic E-state index is -0.430. The summed E-state index contributed by atoms with van der Waals surface area (Å²) >= 11 is 0. The summed E-state index contributed by atoms with van der Waals surface area (Å²) in [6.07, 6.45) is 0.105. The van der Waals surface area contributed by atoms with Crippen LogP contribution in [0.25, 0.3) is 0 Å². The maximum absolute atomic E-state index is 11.4. The van der Waals surface area contributed by atoms with Gasteiger partial charge in [-0.25, -0.2) is 0 Å². The van der Waals surface area contributed by atoms with E-state index < -0.39 is 11.9 Å². The highest BCUT2D eigenvalue weighted by Gasteiger charge is 2.17. The molecule has 1 amide bonds. The van der Waals surface area contributed by atoms with Gasteiger partial charge in [-0.3, -0.25) is 14.4 Å². The Hall–Kier alpha value is -2.97. The number of rotatable bonds is 8. The minimum Gasteiger partial charge on any atom is -0.506 e. The minimum absolute atomic E-state index is 0.0525. The van der Waals surface area contributed by atoms with Crippen molar-refractivity contribution < 1.29 is 29.0 Å². The molecule has 0 aliphatic rings. The number of amides is 1. The van der Waals surface area contributed by atoms with Crippen LogP contribution in [0.15, 0.2) is 12.1 Å². The highest BCUT2D eigenvalue weighted by Crippen LogP contribution is 2.35. The van der Waals surface area contributed by atoms with E-state index in [-0.39, 0.29) is 43.3 Å². The lowest BCUT2D eigenvalue weighted by molar-refractivity contribution is -0.140. The fraction of sp³-hybridized carbons (Fsp3) is 0.438. The molecule has 1 aromatic carbocycles. The van der Waals surface area contributed by atoms with Gasteiger partial charge in [-0.15, -0.1) is 0 Å². The zero-order valence-corrected chi connectivity index (χ0v) is 14.5. The summed E-state index contributed by atoms with van der Waals surface area (Å²) in [6, 6.07) is 2.78. The van der Waals surface area contributed by atoms with Gasteiger partial charge in [0.2, 0.25) is 5.91 Å². The second-order valence-electron chi connectivity index (χ2n) is 5.25. The van der Waals surface area contributed by atoms with E-state index in [1.807, 2.05) is 0 Å². The molecular formula is C16H23N3O6. The number of carbonyl (C=O) groups is 3. The molecule has 0 saturated carbocycles. The largest absolute Gasteiger partial charge is 0.506 e. The van der Waals surface area contributed by atoms with Crippen molar-refractivity contribution in [2.75, 3.05) is 43.3 Å². The average Bonchev–Trinajstić information content (AvgIpc) is 2.56. The molecule has 9 nitrogen and oxygen atoms in total. The molecule has 0 aliphatic carbocycles. The normalized spacial score (nSPS) is 10.0. The molecule has 0 unspecified atom stereocenters. The number of nitrogens with two attached hydrogens (primary N) is 1. The van der Waals surface area contributed by atoms with Gasteiger partial charge in [0.05, 0.1) is 44.1 Å².